The summed E-state index contributed by atoms with van der Waals surface area (Å²) >= 11 is 0. The second-order valence-corrected chi connectivity index (χ2v) is 7.54. The second kappa shape index (κ2) is 8.48. The lowest BCUT2D eigenvalue weighted by Gasteiger charge is -2.21. The van der Waals surface area contributed by atoms with Gasteiger partial charge in [0.15, 0.2) is 0 Å². The van der Waals surface area contributed by atoms with Crippen LogP contribution in [-0.2, 0) is 23.2 Å². The highest BCUT2D eigenvalue weighted by atomic mass is 16.4. The minimum atomic E-state index is -0.980. The lowest BCUT2D eigenvalue weighted by Crippen LogP contribution is -2.33. The third kappa shape index (κ3) is 4.83. The molecule has 1 aromatic carbocycles. The average molecular weight is 397 g/mol. The van der Waals surface area contributed by atoms with E-state index >= 15 is 0 Å². The van der Waals surface area contributed by atoms with E-state index in [9.17, 15) is 14.7 Å². The standard InChI is InChI=1S/C21H27N5O3/c1-13-18(14(2)26(4)24-13)12-25(3)11-16(21(28)29)9-20(27)23-17-6-5-15-7-8-22-19(15)10-17/h5-8,10,16,22H,9,11-12H2,1-4H3,(H,23,27)(H,28,29). The average Bonchev–Trinajstić information content (AvgIpc) is 3.20. The number of rotatable bonds is 8. The van der Waals surface area contributed by atoms with Crippen molar-refractivity contribution in [1.82, 2.24) is 19.7 Å². The van der Waals surface area contributed by atoms with E-state index in [1.807, 2.05) is 68.0 Å². The molecule has 1 unspecified atom stereocenters. The van der Waals surface area contributed by atoms with Crippen LogP contribution in [0.25, 0.3) is 10.9 Å². The summed E-state index contributed by atoms with van der Waals surface area (Å²) in [6, 6.07) is 7.50. The molecular formula is C21H27N5O3. The van der Waals surface area contributed by atoms with Crippen LogP contribution in [0, 0.1) is 19.8 Å². The Hall–Kier alpha value is -3.13. The van der Waals surface area contributed by atoms with E-state index in [4.69, 9.17) is 0 Å². The van der Waals surface area contributed by atoms with Gasteiger partial charge in [-0.1, -0.05) is 6.07 Å². The van der Waals surface area contributed by atoms with Crippen LogP contribution in [0.4, 0.5) is 5.69 Å². The van der Waals surface area contributed by atoms with Crippen molar-refractivity contribution in [2.45, 2.75) is 26.8 Å². The summed E-state index contributed by atoms with van der Waals surface area (Å²) in [5.74, 6) is -2.09. The van der Waals surface area contributed by atoms with Gasteiger partial charge in [0.25, 0.3) is 0 Å². The molecule has 0 saturated heterocycles. The normalized spacial score (nSPS) is 12.4. The molecule has 0 fully saturated rings. The maximum atomic E-state index is 12.4. The molecule has 0 bridgehead atoms. The van der Waals surface area contributed by atoms with Gasteiger partial charge in [0.05, 0.1) is 11.6 Å². The van der Waals surface area contributed by atoms with E-state index < -0.39 is 11.9 Å². The number of nitrogens with one attached hydrogen (secondary N) is 2. The minimum Gasteiger partial charge on any atom is -0.481 e. The van der Waals surface area contributed by atoms with Gasteiger partial charge in [-0.3, -0.25) is 14.3 Å². The molecule has 8 nitrogen and oxygen atoms in total. The van der Waals surface area contributed by atoms with Crippen LogP contribution in [0.3, 0.4) is 0 Å². The number of hydrogen-bond acceptors (Lipinski definition) is 4. The molecule has 0 aliphatic carbocycles. The van der Waals surface area contributed by atoms with E-state index in [1.54, 1.807) is 0 Å². The zero-order valence-electron chi connectivity index (χ0n) is 17.2. The van der Waals surface area contributed by atoms with Gasteiger partial charge in [-0.15, -0.1) is 0 Å². The zero-order valence-corrected chi connectivity index (χ0v) is 17.2. The van der Waals surface area contributed by atoms with Crippen LogP contribution in [0.5, 0.6) is 0 Å². The van der Waals surface area contributed by atoms with Gasteiger partial charge in [0.2, 0.25) is 5.91 Å². The molecule has 1 atom stereocenters. The van der Waals surface area contributed by atoms with E-state index in [1.165, 1.54) is 0 Å². The highest BCUT2D eigenvalue weighted by Gasteiger charge is 2.24. The van der Waals surface area contributed by atoms with E-state index in [-0.39, 0.29) is 18.9 Å². The number of carboxylic acid groups (broad SMARTS) is 1. The van der Waals surface area contributed by atoms with Crippen molar-refractivity contribution in [3.63, 3.8) is 0 Å². The summed E-state index contributed by atoms with van der Waals surface area (Å²) in [7, 11) is 3.75. The van der Waals surface area contributed by atoms with Crippen LogP contribution in [0.1, 0.15) is 23.4 Å². The van der Waals surface area contributed by atoms with Crippen molar-refractivity contribution < 1.29 is 14.7 Å². The minimum absolute atomic E-state index is 0.0898. The van der Waals surface area contributed by atoms with Crippen molar-refractivity contribution in [2.24, 2.45) is 13.0 Å². The number of aryl methyl sites for hydroxylation is 2. The highest BCUT2D eigenvalue weighted by molar-refractivity contribution is 5.95. The third-order valence-corrected chi connectivity index (χ3v) is 5.24. The molecule has 0 saturated carbocycles. The Morgan fingerprint density at radius 2 is 2.07 bits per heavy atom. The predicted octanol–water partition coefficient (Wildman–Crippen LogP) is 2.68. The fraction of sp³-hybridized carbons (Fsp3) is 0.381. The molecule has 2 heterocycles. The van der Waals surface area contributed by atoms with Crippen LogP contribution in [0.2, 0.25) is 0 Å². The Balaban J connectivity index is 1.61. The number of benzene rings is 1. The number of amides is 1. The molecule has 0 aliphatic rings. The van der Waals surface area contributed by atoms with Gasteiger partial charge in [-0.25, -0.2) is 0 Å². The molecular weight excluding hydrogens is 370 g/mol. The highest BCUT2D eigenvalue weighted by Crippen LogP contribution is 2.19. The van der Waals surface area contributed by atoms with Crippen LogP contribution >= 0.6 is 0 Å². The van der Waals surface area contributed by atoms with Gasteiger partial charge in [0, 0.05) is 55.2 Å². The van der Waals surface area contributed by atoms with Gasteiger partial charge in [-0.2, -0.15) is 5.10 Å². The van der Waals surface area contributed by atoms with Crippen LogP contribution in [0.15, 0.2) is 30.5 Å². The maximum absolute atomic E-state index is 12.4. The Labute approximate surface area is 169 Å². The monoisotopic (exact) mass is 397 g/mol. The first kappa shape index (κ1) is 20.6. The maximum Gasteiger partial charge on any atom is 0.308 e. The first-order valence-electron chi connectivity index (χ1n) is 9.52. The summed E-state index contributed by atoms with van der Waals surface area (Å²) < 4.78 is 1.82. The fourth-order valence-electron chi connectivity index (χ4n) is 3.55. The molecule has 3 aromatic rings. The molecule has 1 amide bonds. The number of fused-ring (bicyclic) bond motifs is 1. The summed E-state index contributed by atoms with van der Waals surface area (Å²) in [6.07, 6.45) is 1.74. The van der Waals surface area contributed by atoms with Gasteiger partial charge >= 0.3 is 5.97 Å². The molecule has 0 spiro atoms. The number of carbonyl (C=O) groups excluding carboxylic acids is 1. The molecule has 0 aliphatic heterocycles. The topological polar surface area (TPSA) is 103 Å². The number of nitrogens with zero attached hydrogens (tertiary/aromatic N) is 3. The molecule has 154 valence electrons. The largest absolute Gasteiger partial charge is 0.481 e. The molecule has 29 heavy (non-hydrogen) atoms. The molecule has 3 N–H and O–H groups in total. The summed E-state index contributed by atoms with van der Waals surface area (Å²) in [6.45, 7) is 4.79. The molecule has 3 rings (SSSR count). The van der Waals surface area contributed by atoms with E-state index in [0.717, 1.165) is 27.9 Å². The first-order chi connectivity index (χ1) is 13.7. The van der Waals surface area contributed by atoms with Gasteiger partial charge in [0.1, 0.15) is 0 Å². The number of aliphatic carboxylic acids is 1. The Bertz CT molecular complexity index is 1040. The number of hydrogen-bond donors (Lipinski definition) is 3. The molecule has 2 aromatic heterocycles. The van der Waals surface area contributed by atoms with Crippen molar-refractivity contribution in [2.75, 3.05) is 18.9 Å². The number of H-pyrrole nitrogens is 1. The fourth-order valence-corrected chi connectivity index (χ4v) is 3.55. The summed E-state index contributed by atoms with van der Waals surface area (Å²) in [5, 5.41) is 17.8. The zero-order chi connectivity index (χ0) is 21.1. The Morgan fingerprint density at radius 1 is 1.31 bits per heavy atom. The molecule has 8 heteroatoms. The lowest BCUT2D eigenvalue weighted by atomic mass is 10.0. The van der Waals surface area contributed by atoms with Crippen molar-refractivity contribution in [1.29, 1.82) is 0 Å². The third-order valence-electron chi connectivity index (χ3n) is 5.24. The SMILES string of the molecule is Cc1nn(C)c(C)c1CN(C)CC(CC(=O)Nc1ccc2cc[nH]c2c1)C(=O)O. The summed E-state index contributed by atoms with van der Waals surface area (Å²) in [4.78, 5) is 29.2. The second-order valence-electron chi connectivity index (χ2n) is 7.54. The van der Waals surface area contributed by atoms with Gasteiger partial charge in [-0.05, 0) is 44.5 Å². The van der Waals surface area contributed by atoms with E-state index in [2.05, 4.69) is 15.4 Å². The van der Waals surface area contributed by atoms with Crippen molar-refractivity contribution in [3.05, 3.63) is 47.4 Å². The number of aromatic amines is 1. The lowest BCUT2D eigenvalue weighted by molar-refractivity contribution is -0.144. The van der Waals surface area contributed by atoms with Crippen LogP contribution < -0.4 is 5.32 Å². The van der Waals surface area contributed by atoms with Gasteiger partial charge < -0.3 is 20.3 Å². The Morgan fingerprint density at radius 3 is 2.72 bits per heavy atom. The van der Waals surface area contributed by atoms with Crippen molar-refractivity contribution in [3.8, 4) is 0 Å². The Kier molecular flexibility index (Phi) is 6.03. The van der Waals surface area contributed by atoms with Crippen LogP contribution in [-0.4, -0.2) is 50.2 Å². The van der Waals surface area contributed by atoms with E-state index in [0.29, 0.717) is 12.2 Å². The number of carboxylic acids is 1. The smallest absolute Gasteiger partial charge is 0.308 e. The number of anilines is 1. The molecule has 0 radical (unpaired) electrons. The number of aromatic nitrogens is 3. The quantitative estimate of drug-likeness (QED) is 0.542. The first-order valence-corrected chi connectivity index (χ1v) is 9.52. The number of carbonyl (C=O) groups is 2. The summed E-state index contributed by atoms with van der Waals surface area (Å²) in [5.41, 5.74) is 4.63. The van der Waals surface area contributed by atoms with Crippen molar-refractivity contribution >= 4 is 28.5 Å². The predicted molar refractivity (Wildman–Crippen MR) is 112 cm³/mol.